The quantitative estimate of drug-likeness (QED) is 0.464. The van der Waals surface area contributed by atoms with Crippen molar-refractivity contribution in [3.8, 4) is 0 Å². The topological polar surface area (TPSA) is 50.9 Å². The Kier molecular flexibility index (Phi) is 3.49. The molecule has 0 saturated carbocycles. The first kappa shape index (κ1) is 11.1. The molecule has 0 aliphatic heterocycles. The molecule has 0 amide bonds. The SMILES string of the molecule is NNc1ncc(C(Cl)(Cl)Cl)cc1Cl. The Labute approximate surface area is 95.1 Å². The molecule has 3 N–H and O–H groups in total. The summed E-state index contributed by atoms with van der Waals surface area (Å²) in [5.41, 5.74) is 2.69. The number of nitrogen functional groups attached to an aromatic ring is 1. The summed E-state index contributed by atoms with van der Waals surface area (Å²) in [4.78, 5) is 3.84. The number of aromatic nitrogens is 1. The summed E-state index contributed by atoms with van der Waals surface area (Å²) in [6, 6.07) is 1.48. The summed E-state index contributed by atoms with van der Waals surface area (Å²) < 4.78 is -1.52. The molecule has 0 fully saturated rings. The van der Waals surface area contributed by atoms with Gasteiger partial charge in [0.25, 0.3) is 0 Å². The van der Waals surface area contributed by atoms with Crippen LogP contribution >= 0.6 is 46.4 Å². The van der Waals surface area contributed by atoms with Gasteiger partial charge in [-0.25, -0.2) is 10.8 Å². The van der Waals surface area contributed by atoms with Crippen molar-refractivity contribution >= 4 is 52.2 Å². The number of alkyl halides is 3. The third kappa shape index (κ3) is 2.76. The summed E-state index contributed by atoms with van der Waals surface area (Å²) in [6.45, 7) is 0. The van der Waals surface area contributed by atoms with Gasteiger partial charge in [-0.1, -0.05) is 46.4 Å². The van der Waals surface area contributed by atoms with E-state index in [1.54, 1.807) is 0 Å². The molecule has 0 unspecified atom stereocenters. The van der Waals surface area contributed by atoms with Crippen LogP contribution in [0.1, 0.15) is 5.56 Å². The van der Waals surface area contributed by atoms with Gasteiger partial charge in [0.05, 0.1) is 5.02 Å². The molecule has 0 aliphatic rings. The minimum atomic E-state index is -1.52. The van der Waals surface area contributed by atoms with Crippen LogP contribution in [-0.2, 0) is 3.79 Å². The molecule has 1 aromatic rings. The number of rotatable bonds is 1. The number of anilines is 1. The average Bonchev–Trinajstić information content (AvgIpc) is 2.02. The molecule has 13 heavy (non-hydrogen) atoms. The highest BCUT2D eigenvalue weighted by Gasteiger charge is 2.23. The van der Waals surface area contributed by atoms with Crippen molar-refractivity contribution in [2.75, 3.05) is 5.43 Å². The van der Waals surface area contributed by atoms with Crippen LogP contribution in [0, 0.1) is 0 Å². The van der Waals surface area contributed by atoms with Crippen LogP contribution in [0.2, 0.25) is 5.02 Å². The second-order valence-electron chi connectivity index (χ2n) is 2.20. The van der Waals surface area contributed by atoms with Crippen LogP contribution in [0.4, 0.5) is 5.82 Å². The molecule has 3 nitrogen and oxygen atoms in total. The van der Waals surface area contributed by atoms with E-state index in [1.807, 2.05) is 0 Å². The van der Waals surface area contributed by atoms with E-state index in [2.05, 4.69) is 10.4 Å². The molecule has 0 aliphatic carbocycles. The predicted molar refractivity (Wildman–Crippen MR) is 56.3 cm³/mol. The first-order valence-electron chi connectivity index (χ1n) is 3.14. The van der Waals surface area contributed by atoms with Gasteiger partial charge in [-0.3, -0.25) is 0 Å². The largest absolute Gasteiger partial charge is 0.307 e. The van der Waals surface area contributed by atoms with Crippen LogP contribution in [0.15, 0.2) is 12.3 Å². The Morgan fingerprint density at radius 1 is 1.38 bits per heavy atom. The smallest absolute Gasteiger partial charge is 0.217 e. The number of hydrogen-bond acceptors (Lipinski definition) is 3. The van der Waals surface area contributed by atoms with Crippen LogP contribution in [0.5, 0.6) is 0 Å². The predicted octanol–water partition coefficient (Wildman–Crippen LogP) is 2.85. The Balaban J connectivity index is 3.10. The average molecular weight is 261 g/mol. The first-order valence-corrected chi connectivity index (χ1v) is 4.65. The number of nitrogens with two attached hydrogens (primary N) is 1. The van der Waals surface area contributed by atoms with E-state index >= 15 is 0 Å². The van der Waals surface area contributed by atoms with E-state index in [9.17, 15) is 0 Å². The first-order chi connectivity index (χ1) is 5.95. The number of halogens is 4. The second-order valence-corrected chi connectivity index (χ2v) is 4.88. The number of nitrogens with zero attached hydrogens (tertiary/aromatic N) is 1. The van der Waals surface area contributed by atoms with Crippen molar-refractivity contribution in [3.63, 3.8) is 0 Å². The molecule has 0 spiro atoms. The van der Waals surface area contributed by atoms with Crippen molar-refractivity contribution in [2.45, 2.75) is 3.79 Å². The third-order valence-corrected chi connectivity index (χ3v) is 2.25. The molecule has 72 valence electrons. The van der Waals surface area contributed by atoms with Gasteiger partial charge in [-0.05, 0) is 6.07 Å². The normalized spacial score (nSPS) is 11.5. The van der Waals surface area contributed by atoms with E-state index in [-0.39, 0.29) is 0 Å². The highest BCUT2D eigenvalue weighted by molar-refractivity contribution is 6.66. The molecule has 0 bridgehead atoms. The van der Waals surface area contributed by atoms with Crippen LogP contribution in [-0.4, -0.2) is 4.98 Å². The molecule has 0 aromatic carbocycles. The van der Waals surface area contributed by atoms with Crippen LogP contribution in [0.3, 0.4) is 0 Å². The van der Waals surface area contributed by atoms with E-state index < -0.39 is 3.79 Å². The molecule has 1 aromatic heterocycles. The van der Waals surface area contributed by atoms with Crippen molar-refractivity contribution in [3.05, 3.63) is 22.8 Å². The summed E-state index contributed by atoms with van der Waals surface area (Å²) in [7, 11) is 0. The fourth-order valence-corrected chi connectivity index (χ4v) is 1.23. The molecule has 0 atom stereocenters. The second kappa shape index (κ2) is 4.07. The summed E-state index contributed by atoms with van der Waals surface area (Å²) in [6.07, 6.45) is 1.38. The van der Waals surface area contributed by atoms with Crippen LogP contribution in [0.25, 0.3) is 0 Å². The molecule has 1 rings (SSSR count). The fraction of sp³-hybridized carbons (Fsp3) is 0.167. The Hall–Kier alpha value is 0.0700. The lowest BCUT2D eigenvalue weighted by atomic mass is 10.3. The lowest BCUT2D eigenvalue weighted by Gasteiger charge is -2.11. The molecule has 7 heteroatoms. The van der Waals surface area contributed by atoms with E-state index in [0.29, 0.717) is 16.4 Å². The Bertz CT molecular complexity index is 309. The number of pyridine rings is 1. The zero-order valence-electron chi connectivity index (χ0n) is 6.19. The van der Waals surface area contributed by atoms with Gasteiger partial charge in [0.1, 0.15) is 0 Å². The number of hydrogen-bond donors (Lipinski definition) is 2. The van der Waals surface area contributed by atoms with Gasteiger partial charge in [0.2, 0.25) is 3.79 Å². The van der Waals surface area contributed by atoms with E-state index in [1.165, 1.54) is 12.3 Å². The van der Waals surface area contributed by atoms with Gasteiger partial charge < -0.3 is 5.43 Å². The lowest BCUT2D eigenvalue weighted by Crippen LogP contribution is -2.10. The van der Waals surface area contributed by atoms with Gasteiger partial charge in [-0.15, -0.1) is 0 Å². The summed E-state index contributed by atoms with van der Waals surface area (Å²) >= 11 is 22.6. The molecule has 0 saturated heterocycles. The number of nitrogens with one attached hydrogen (secondary N) is 1. The lowest BCUT2D eigenvalue weighted by molar-refractivity contribution is 1.15. The summed E-state index contributed by atoms with van der Waals surface area (Å²) in [5.74, 6) is 5.45. The minimum Gasteiger partial charge on any atom is -0.307 e. The van der Waals surface area contributed by atoms with Gasteiger partial charge in [0.15, 0.2) is 5.82 Å². The fourth-order valence-electron chi connectivity index (χ4n) is 0.699. The maximum atomic E-state index is 5.75. The summed E-state index contributed by atoms with van der Waals surface area (Å²) in [5, 5.41) is 0.298. The highest BCUT2D eigenvalue weighted by Crippen LogP contribution is 2.39. The number of hydrazine groups is 1. The van der Waals surface area contributed by atoms with Crippen molar-refractivity contribution in [1.82, 2.24) is 4.98 Å². The maximum absolute atomic E-state index is 5.75. The third-order valence-electron chi connectivity index (χ3n) is 1.31. The van der Waals surface area contributed by atoms with E-state index in [0.717, 1.165) is 0 Å². The molecular weight excluding hydrogens is 256 g/mol. The van der Waals surface area contributed by atoms with Crippen molar-refractivity contribution in [2.24, 2.45) is 5.84 Å². The Morgan fingerprint density at radius 3 is 2.38 bits per heavy atom. The van der Waals surface area contributed by atoms with Crippen LogP contribution < -0.4 is 11.3 Å². The highest BCUT2D eigenvalue weighted by atomic mass is 35.6. The van der Waals surface area contributed by atoms with Gasteiger partial charge in [-0.2, -0.15) is 0 Å². The molecule has 1 heterocycles. The van der Waals surface area contributed by atoms with Gasteiger partial charge in [0, 0.05) is 11.8 Å². The van der Waals surface area contributed by atoms with Gasteiger partial charge >= 0.3 is 0 Å². The van der Waals surface area contributed by atoms with Crippen molar-refractivity contribution < 1.29 is 0 Å². The standard InChI is InChI=1S/C6H5Cl4N3/c7-4-1-3(6(8,9)10)2-12-5(4)13-11/h1-2H,11H2,(H,12,13). The molecular formula is C6H5Cl4N3. The Morgan fingerprint density at radius 2 is 2.00 bits per heavy atom. The zero-order chi connectivity index (χ0) is 10.1. The molecule has 0 radical (unpaired) electrons. The zero-order valence-corrected chi connectivity index (χ0v) is 9.21. The van der Waals surface area contributed by atoms with Crippen molar-refractivity contribution in [1.29, 1.82) is 0 Å². The monoisotopic (exact) mass is 259 g/mol. The van der Waals surface area contributed by atoms with E-state index in [4.69, 9.17) is 52.2 Å². The maximum Gasteiger partial charge on any atom is 0.217 e. The minimum absolute atomic E-state index is 0.298.